The fourth-order valence-corrected chi connectivity index (χ4v) is 3.92. The lowest BCUT2D eigenvalue weighted by Crippen LogP contribution is -2.44. The Morgan fingerprint density at radius 1 is 1.10 bits per heavy atom. The number of fused-ring (bicyclic) bond motifs is 1. The van der Waals surface area contributed by atoms with Crippen molar-refractivity contribution in [2.24, 2.45) is 0 Å². The van der Waals surface area contributed by atoms with Gasteiger partial charge in [0.1, 0.15) is 5.82 Å². The van der Waals surface area contributed by atoms with Crippen molar-refractivity contribution in [2.45, 2.75) is 18.3 Å². The van der Waals surface area contributed by atoms with Crippen molar-refractivity contribution in [1.29, 1.82) is 0 Å². The second kappa shape index (κ2) is 7.91. The fraction of sp³-hybridized carbons (Fsp3) is 0.409. The van der Waals surface area contributed by atoms with Crippen molar-refractivity contribution in [1.82, 2.24) is 5.32 Å². The van der Waals surface area contributed by atoms with Gasteiger partial charge in [0.2, 0.25) is 6.79 Å². The molecule has 0 unspecified atom stereocenters. The molecule has 2 aliphatic heterocycles. The van der Waals surface area contributed by atoms with Crippen LogP contribution in [0, 0.1) is 5.82 Å². The lowest BCUT2D eigenvalue weighted by molar-refractivity contribution is 0.0486. The summed E-state index contributed by atoms with van der Waals surface area (Å²) in [4.78, 5) is 14.4. The summed E-state index contributed by atoms with van der Waals surface area (Å²) in [5.74, 6) is 0.748. The van der Waals surface area contributed by atoms with Gasteiger partial charge >= 0.3 is 0 Å². The van der Waals surface area contributed by atoms with E-state index in [1.807, 2.05) is 18.2 Å². The Morgan fingerprint density at radius 3 is 2.59 bits per heavy atom. The van der Waals surface area contributed by atoms with E-state index in [9.17, 15) is 9.18 Å². The number of hydrogen-bond donors (Lipinski definition) is 1. The molecule has 154 valence electrons. The van der Waals surface area contributed by atoms with Gasteiger partial charge in [-0.1, -0.05) is 6.07 Å². The second-order valence-corrected chi connectivity index (χ2v) is 7.70. The third kappa shape index (κ3) is 3.87. The topological polar surface area (TPSA) is 60.0 Å². The van der Waals surface area contributed by atoms with E-state index in [0.29, 0.717) is 31.0 Å². The molecular weight excluding hydrogens is 375 g/mol. The van der Waals surface area contributed by atoms with Gasteiger partial charge in [0.05, 0.1) is 5.69 Å². The normalized spacial score (nSPS) is 17.1. The summed E-state index contributed by atoms with van der Waals surface area (Å²) in [6.45, 7) is 1.90. The van der Waals surface area contributed by atoms with Crippen molar-refractivity contribution in [2.75, 3.05) is 45.5 Å². The number of amides is 1. The number of benzene rings is 2. The van der Waals surface area contributed by atoms with Gasteiger partial charge in [0.15, 0.2) is 11.5 Å². The van der Waals surface area contributed by atoms with E-state index in [2.05, 4.69) is 5.32 Å². The van der Waals surface area contributed by atoms with Crippen molar-refractivity contribution in [3.8, 4) is 11.5 Å². The fourth-order valence-electron chi connectivity index (χ4n) is 3.92. The Hall–Kier alpha value is -2.80. The maximum absolute atomic E-state index is 14.3. The van der Waals surface area contributed by atoms with Crippen LogP contribution in [0.2, 0.25) is 0 Å². The number of carbonyl (C=O) groups excluding carboxylic acids is 1. The Kier molecular flexibility index (Phi) is 5.32. The Bertz CT molecular complexity index is 910. The van der Waals surface area contributed by atoms with E-state index in [-0.39, 0.29) is 18.1 Å². The summed E-state index contributed by atoms with van der Waals surface area (Å²) >= 11 is 0. The molecule has 2 heterocycles. The molecule has 2 aromatic rings. The summed E-state index contributed by atoms with van der Waals surface area (Å²) in [5, 5.41) is 3.00. The largest absolute Gasteiger partial charge is 0.454 e. The van der Waals surface area contributed by atoms with E-state index in [1.54, 1.807) is 31.1 Å². The molecule has 0 aromatic heterocycles. The zero-order chi connectivity index (χ0) is 20.4. The van der Waals surface area contributed by atoms with Gasteiger partial charge in [-0.2, -0.15) is 0 Å². The smallest absolute Gasteiger partial charge is 0.251 e. The van der Waals surface area contributed by atoms with Crippen LogP contribution in [0.15, 0.2) is 36.4 Å². The Labute approximate surface area is 169 Å². The van der Waals surface area contributed by atoms with E-state index in [0.717, 1.165) is 29.9 Å². The maximum Gasteiger partial charge on any atom is 0.251 e. The van der Waals surface area contributed by atoms with Crippen LogP contribution in [-0.4, -0.2) is 46.6 Å². The van der Waals surface area contributed by atoms with Crippen molar-refractivity contribution >= 4 is 11.6 Å². The molecule has 4 rings (SSSR count). The minimum Gasteiger partial charge on any atom is -0.454 e. The van der Waals surface area contributed by atoms with Crippen LogP contribution in [0.3, 0.4) is 0 Å². The van der Waals surface area contributed by atoms with E-state index >= 15 is 0 Å². The van der Waals surface area contributed by atoms with Gasteiger partial charge in [0, 0.05) is 44.8 Å². The number of halogens is 1. The summed E-state index contributed by atoms with van der Waals surface area (Å²) in [7, 11) is 3.52. The molecule has 1 fully saturated rings. The van der Waals surface area contributed by atoms with Gasteiger partial charge in [-0.05, 0) is 48.7 Å². The van der Waals surface area contributed by atoms with Crippen LogP contribution in [0.5, 0.6) is 11.5 Å². The number of ether oxygens (including phenoxy) is 3. The molecule has 1 saturated heterocycles. The maximum atomic E-state index is 14.3. The molecule has 2 aromatic carbocycles. The molecule has 7 heteroatoms. The average Bonchev–Trinajstić information content (AvgIpc) is 3.20. The van der Waals surface area contributed by atoms with Gasteiger partial charge < -0.3 is 24.4 Å². The highest BCUT2D eigenvalue weighted by Gasteiger charge is 2.36. The number of hydrogen-bond acceptors (Lipinski definition) is 5. The molecule has 0 aliphatic carbocycles. The van der Waals surface area contributed by atoms with Gasteiger partial charge in [-0.15, -0.1) is 0 Å². The van der Waals surface area contributed by atoms with Crippen LogP contribution in [-0.2, 0) is 10.2 Å². The molecule has 0 radical (unpaired) electrons. The highest BCUT2D eigenvalue weighted by atomic mass is 19.1. The van der Waals surface area contributed by atoms with Crippen molar-refractivity contribution in [3.05, 3.63) is 53.3 Å². The predicted molar refractivity (Wildman–Crippen MR) is 107 cm³/mol. The van der Waals surface area contributed by atoms with Gasteiger partial charge in [-0.3, -0.25) is 4.79 Å². The highest BCUT2D eigenvalue weighted by molar-refractivity contribution is 5.94. The number of rotatable bonds is 5. The third-order valence-corrected chi connectivity index (χ3v) is 5.71. The van der Waals surface area contributed by atoms with Crippen molar-refractivity contribution in [3.63, 3.8) is 0 Å². The highest BCUT2D eigenvalue weighted by Crippen LogP contribution is 2.40. The van der Waals surface area contributed by atoms with Crippen LogP contribution in [0.25, 0.3) is 0 Å². The van der Waals surface area contributed by atoms with E-state index in [4.69, 9.17) is 14.2 Å². The summed E-state index contributed by atoms with van der Waals surface area (Å²) in [6, 6.07) is 10.5. The molecule has 0 spiro atoms. The van der Waals surface area contributed by atoms with Gasteiger partial charge in [0.25, 0.3) is 5.91 Å². The molecule has 1 amide bonds. The number of nitrogens with one attached hydrogen (secondary N) is 1. The number of anilines is 1. The zero-order valence-electron chi connectivity index (χ0n) is 16.7. The molecule has 6 nitrogen and oxygen atoms in total. The summed E-state index contributed by atoms with van der Waals surface area (Å²) < 4.78 is 30.8. The monoisotopic (exact) mass is 400 g/mol. The van der Waals surface area contributed by atoms with Crippen LogP contribution in [0.1, 0.15) is 28.8 Å². The minimum atomic E-state index is -0.417. The SMILES string of the molecule is CN(C)c1ccc(C(=O)NCC2(c3ccc4c(c3)OCO4)CCOCC2)cc1F. The van der Waals surface area contributed by atoms with Crippen LogP contribution < -0.4 is 19.7 Å². The first kappa shape index (κ1) is 19.5. The summed E-state index contributed by atoms with van der Waals surface area (Å²) in [5.41, 5.74) is 1.57. The zero-order valence-corrected chi connectivity index (χ0v) is 16.7. The molecule has 0 bridgehead atoms. The van der Waals surface area contributed by atoms with Gasteiger partial charge in [-0.25, -0.2) is 4.39 Å². The standard InChI is InChI=1S/C22H25FN2O4/c1-25(2)18-5-3-15(11-17(18)23)21(26)24-13-22(7-9-27-10-8-22)16-4-6-19-20(12-16)29-14-28-19/h3-6,11-12H,7-10,13-14H2,1-2H3,(H,24,26). The van der Waals surface area contributed by atoms with E-state index < -0.39 is 5.82 Å². The first-order valence-electron chi connectivity index (χ1n) is 9.71. The molecule has 1 N–H and O–H groups in total. The first-order valence-corrected chi connectivity index (χ1v) is 9.71. The van der Waals surface area contributed by atoms with E-state index in [1.165, 1.54) is 6.07 Å². The lowest BCUT2D eigenvalue weighted by atomic mass is 9.74. The molecular formula is C22H25FN2O4. The predicted octanol–water partition coefficient (Wildman–Crippen LogP) is 3.10. The average molecular weight is 400 g/mol. The Morgan fingerprint density at radius 2 is 1.86 bits per heavy atom. The first-order chi connectivity index (χ1) is 14.0. The molecule has 2 aliphatic rings. The molecule has 0 saturated carbocycles. The molecule has 29 heavy (non-hydrogen) atoms. The summed E-state index contributed by atoms with van der Waals surface area (Å²) in [6.07, 6.45) is 1.56. The van der Waals surface area contributed by atoms with Crippen LogP contribution in [0.4, 0.5) is 10.1 Å². The third-order valence-electron chi connectivity index (χ3n) is 5.71. The Balaban J connectivity index is 1.53. The van der Waals surface area contributed by atoms with Crippen molar-refractivity contribution < 1.29 is 23.4 Å². The molecule has 0 atom stereocenters. The lowest BCUT2D eigenvalue weighted by Gasteiger charge is -2.38. The quantitative estimate of drug-likeness (QED) is 0.836. The minimum absolute atomic E-state index is 0.222. The number of nitrogens with zero attached hydrogens (tertiary/aromatic N) is 1. The number of carbonyl (C=O) groups is 1. The second-order valence-electron chi connectivity index (χ2n) is 7.70. The van der Waals surface area contributed by atoms with Crippen LogP contribution >= 0.6 is 0 Å².